The van der Waals surface area contributed by atoms with Gasteiger partial charge in [0.05, 0.1) is 106 Å². The third-order valence-electron chi connectivity index (χ3n) is 17.0. The van der Waals surface area contributed by atoms with Crippen LogP contribution in [-0.2, 0) is 82.0 Å². The minimum Gasteiger partial charge on any atom is -0.870 e. The predicted octanol–water partition coefficient (Wildman–Crippen LogP) is -5.25. The molecule has 0 aromatic heterocycles. The van der Waals surface area contributed by atoms with Crippen LogP contribution in [0.4, 0.5) is 0 Å². The molecule has 7 aromatic carbocycles. The van der Waals surface area contributed by atoms with E-state index in [1.165, 1.54) is 6.07 Å². The summed E-state index contributed by atoms with van der Waals surface area (Å²) in [6, 6.07) is 25.6. The molecule has 3 N–H and O–H groups in total. The number of aromatic hydroxyl groups is 2. The first-order valence-corrected chi connectivity index (χ1v) is 46.7. The Morgan fingerprint density at radius 2 is 0.876 bits per heavy atom. The molecule has 29 nitrogen and oxygen atoms in total. The van der Waals surface area contributed by atoms with Gasteiger partial charge in [-0.25, -0.2) is 25.3 Å². The number of benzene rings is 7. The van der Waals surface area contributed by atoms with Crippen molar-refractivity contribution in [2.45, 2.75) is 157 Å². The predicted molar refractivity (Wildman–Crippen MR) is 475 cm³/mol. The molecule has 1 unspecified atom stereocenters. The van der Waals surface area contributed by atoms with E-state index in [9.17, 15) is 68.1 Å². The van der Waals surface area contributed by atoms with E-state index in [0.29, 0.717) is 95.5 Å². The fraction of sp³-hybridized carbons (Fsp3) is 0.452. The molecule has 10 rings (SSSR count). The molecule has 0 bridgehead atoms. The topological polar surface area (TPSA) is 442 Å². The van der Waals surface area contributed by atoms with Crippen molar-refractivity contribution in [2.75, 3.05) is 61.8 Å². The van der Waals surface area contributed by atoms with E-state index in [4.69, 9.17) is 37.6 Å². The molecule has 0 spiro atoms. The van der Waals surface area contributed by atoms with Crippen LogP contribution in [0.3, 0.4) is 0 Å². The first-order valence-electron chi connectivity index (χ1n) is 33.9. The van der Waals surface area contributed by atoms with Crippen molar-refractivity contribution < 1.29 is 311 Å². The Balaban J connectivity index is -0.000000457. The maximum atomic E-state index is 10.8. The van der Waals surface area contributed by atoms with Gasteiger partial charge in [0, 0.05) is 79.4 Å². The van der Waals surface area contributed by atoms with Crippen LogP contribution in [0.2, 0.25) is 0 Å². The smallest absolute Gasteiger partial charge is 0.870 e. The largest absolute Gasteiger partial charge is 1.00 e. The molecule has 1 atom stereocenters. The first kappa shape index (κ1) is 132. The van der Waals surface area contributed by atoms with Gasteiger partial charge in [-0.1, -0.05) is 50.6 Å². The summed E-state index contributed by atoms with van der Waals surface area (Å²) in [5.74, 6) is 15.1. The molecule has 640 valence electrons. The van der Waals surface area contributed by atoms with E-state index in [1.807, 2.05) is 129 Å². The third kappa shape index (κ3) is 43.9. The minimum atomic E-state index is -4.34. The van der Waals surface area contributed by atoms with Gasteiger partial charge < -0.3 is 77.4 Å². The van der Waals surface area contributed by atoms with Crippen molar-refractivity contribution >= 4 is 216 Å². The maximum Gasteiger partial charge on any atom is 1.00 e. The summed E-state index contributed by atoms with van der Waals surface area (Å²) in [5, 5.41) is 51.0. The fourth-order valence-corrected chi connectivity index (χ4v) is 16.1. The van der Waals surface area contributed by atoms with Crippen molar-refractivity contribution in [3.05, 3.63) is 121 Å². The third-order valence-corrected chi connectivity index (χ3v) is 26.1. The van der Waals surface area contributed by atoms with Crippen molar-refractivity contribution in [3.63, 3.8) is 0 Å². The van der Waals surface area contributed by atoms with Gasteiger partial charge in [-0.3, -0.25) is 14.3 Å². The zero-order chi connectivity index (χ0) is 83.8. The Kier molecular flexibility index (Phi) is 68.0. The van der Waals surface area contributed by atoms with E-state index in [1.54, 1.807) is 32.9 Å². The summed E-state index contributed by atoms with van der Waals surface area (Å²) in [4.78, 5) is -0.127. The molecule has 3 fully saturated rings. The summed E-state index contributed by atoms with van der Waals surface area (Å²) in [6.07, 6.45) is 2.15. The molecule has 0 saturated carbocycles. The van der Waals surface area contributed by atoms with Crippen molar-refractivity contribution in [1.29, 1.82) is 0 Å². The zero-order valence-corrected chi connectivity index (χ0v) is 96.0. The minimum absolute atomic E-state index is 0. The summed E-state index contributed by atoms with van der Waals surface area (Å²) >= 11 is 10.3. The van der Waals surface area contributed by atoms with Crippen LogP contribution in [-0.4, -0.2) is 161 Å². The number of hydrogen-bond acceptors (Lipinski definition) is 31. The van der Waals surface area contributed by atoms with E-state index >= 15 is 0 Å². The van der Waals surface area contributed by atoms with Crippen LogP contribution in [0.1, 0.15) is 132 Å². The average molecular weight is 2330 g/mol. The van der Waals surface area contributed by atoms with Gasteiger partial charge in [0.2, 0.25) is 0 Å². The van der Waals surface area contributed by atoms with Gasteiger partial charge in [-0.15, -0.1) is 15.2 Å². The Bertz CT molecular complexity index is 4890. The van der Waals surface area contributed by atoms with Gasteiger partial charge in [0.1, 0.15) is 44.6 Å². The Morgan fingerprint density at radius 1 is 0.529 bits per heavy atom. The fourth-order valence-electron chi connectivity index (χ4n) is 10.00. The summed E-state index contributed by atoms with van der Waals surface area (Å²) in [5.41, 5.74) is 1.38. The number of aryl methyl sites for hydroxylation is 2. The second kappa shape index (κ2) is 62.3. The number of ether oxygens (including phenoxy) is 4. The molecule has 7 aromatic rings. The Labute approximate surface area is 911 Å². The van der Waals surface area contributed by atoms with Crippen LogP contribution in [0.5, 0.6) is 34.5 Å². The molecule has 3 aliphatic rings. The molecular formula is C73H93B2I4Na6O29PS6. The molecule has 121 heavy (non-hydrogen) atoms. The van der Waals surface area contributed by atoms with Crippen LogP contribution in [0.15, 0.2) is 89.8 Å². The number of phenolic OH excluding ortho intramolecular Hbond substituents is 2. The molecule has 3 heterocycles. The molecule has 0 amide bonds. The standard InChI is InChI=1S/C20H24O8S2.C16H18I2O8S2.C14H24B2O4.C10H6I2O2.C8H11O3PS.C3H6O3S.2CH4.6Na.H2O/c1-3-6-16-8-10-17-18(20(16)26-12-5-14-30(22,23)24)9-7-15(2)19(17)25-11-4-13-29-28-27-21;17-13-5-4-12-11(15(13)23-7-1-9-27-26-25-19)3-6-14(18)16(12)24-8-2-10-28(20,21)22;1-11(2)12(3,4)18-15(17-11)9-10-16-19-13(5,6)14(7,8)20-16;11-7-3-1-5-6(10(7)14)2-4-8(12)9(5)13;1-5-3-7(12)6(2)8(4-5)13(9,10)11;4-7(5)3-1-2-6-7;;;;;;;;;/h7-10,21H,4-5,11-14H2,1-2H3,(H,22,23,24);3-6,19H,1-2,7-10H2,(H,20,21,22);1-8H3;1-4,13-14H;3-4H,12H2,1-2H3,(H,9,10,11);1-3H2;2*1H4;;;;;;;1H2/q;;;;;;;;6*+1;/p-6. The molecule has 3 saturated heterocycles. The van der Waals surface area contributed by atoms with Gasteiger partial charge in [-0.2, -0.15) is 17.1 Å². The molecule has 3 aliphatic heterocycles. The number of phenols is 2. The number of rotatable bonds is 25. The monoisotopic (exact) mass is 2320 g/mol. The van der Waals surface area contributed by atoms with E-state index < -0.39 is 66.2 Å². The van der Waals surface area contributed by atoms with Crippen LogP contribution in [0.25, 0.3) is 32.3 Å². The maximum absolute atomic E-state index is 10.8. The summed E-state index contributed by atoms with van der Waals surface area (Å²) in [7, 11) is -14.6. The number of hydrogen-bond donors (Lipinski definition) is 2. The second-order valence-electron chi connectivity index (χ2n) is 26.4. The Hall–Kier alpha value is 2.62. The Morgan fingerprint density at radius 3 is 1.23 bits per heavy atom. The van der Waals surface area contributed by atoms with Gasteiger partial charge >= 0.3 is 192 Å². The van der Waals surface area contributed by atoms with Crippen molar-refractivity contribution in [1.82, 2.24) is 0 Å². The quantitative estimate of drug-likeness (QED) is 0.00516. The summed E-state index contributed by atoms with van der Waals surface area (Å²) in [6.45, 7) is 24.4. The zero-order valence-electron chi connectivity index (χ0n) is 69.3. The molecule has 48 heteroatoms. The molecule has 0 aliphatic carbocycles. The van der Waals surface area contributed by atoms with Crippen LogP contribution in [0, 0.1) is 58.5 Å². The van der Waals surface area contributed by atoms with E-state index in [2.05, 4.69) is 146 Å². The van der Waals surface area contributed by atoms with Gasteiger partial charge in [0.25, 0.3) is 10.1 Å². The molecule has 0 radical (unpaired) electrons. The average Bonchev–Trinajstić information content (AvgIpc) is 1.33. The number of halogens is 4. The molecular weight excluding hydrogens is 2230 g/mol. The van der Waals surface area contributed by atoms with Crippen molar-refractivity contribution in [3.8, 4) is 58.0 Å². The van der Waals surface area contributed by atoms with E-state index in [0.717, 1.165) is 76.3 Å². The van der Waals surface area contributed by atoms with E-state index in [-0.39, 0.29) is 268 Å². The first-order chi connectivity index (χ1) is 52.2. The van der Waals surface area contributed by atoms with Gasteiger partial charge in [-0.05, 0) is 294 Å². The number of fused-ring (bicyclic) bond motifs is 3. The van der Waals surface area contributed by atoms with Crippen molar-refractivity contribution in [2.24, 2.45) is 0 Å². The van der Waals surface area contributed by atoms with Crippen LogP contribution < -0.4 is 212 Å². The van der Waals surface area contributed by atoms with Gasteiger partial charge in [0.15, 0.2) is 0 Å². The summed E-state index contributed by atoms with van der Waals surface area (Å²) < 4.78 is 180. The normalized spacial score (nSPS) is 14.4. The van der Waals surface area contributed by atoms with Crippen LogP contribution >= 0.6 is 124 Å². The SMILES string of the molecule is C.C.CC#Cc1ccc2c(OCCCSOO[O-])c(C)ccc2c1OCCCS(=O)(=O)[O-].CC1(C)OB(C#CB2OC(C)(C)C(C)(C)O2)OC1(C)C.Cc1cc(P)c(C)c(S(=O)(=O)[O-])c1.O=S(=O)([O-])CCCOc1c(I)ccc2c(OCCCSOO[O-])c(I)ccc12.O=S1(=O)CCCO1.Oc1c(I)ccc2c(O)c(I)ccc12.[Na+].[Na+].[Na+].[Na+].[Na+].[Na+].[OH-]. The second-order valence-corrected chi connectivity index (χ2v) is 39.4.